The highest BCUT2D eigenvalue weighted by Gasteiger charge is 1.97. The summed E-state index contributed by atoms with van der Waals surface area (Å²) in [5.74, 6) is 1.74. The Morgan fingerprint density at radius 1 is 0.727 bits per heavy atom. The zero-order valence-electron chi connectivity index (χ0n) is 13.6. The molecule has 0 atom stereocenters. The molecule has 1 N–H and O–H groups in total. The van der Waals surface area contributed by atoms with Crippen LogP contribution >= 0.6 is 0 Å². The van der Waals surface area contributed by atoms with Crippen molar-refractivity contribution < 1.29 is 4.74 Å². The van der Waals surface area contributed by atoms with Crippen LogP contribution in [0.15, 0.2) is 54.6 Å². The van der Waals surface area contributed by atoms with E-state index in [1.807, 2.05) is 42.5 Å². The van der Waals surface area contributed by atoms with Gasteiger partial charge in [-0.1, -0.05) is 57.2 Å². The van der Waals surface area contributed by atoms with Gasteiger partial charge in [-0.2, -0.15) is 0 Å². The Morgan fingerprint density at radius 2 is 1.36 bits per heavy atom. The SMILES string of the molecule is CCCCCCCCNc1ccc(Oc2ccccc2)cc1. The van der Waals surface area contributed by atoms with E-state index in [4.69, 9.17) is 4.74 Å². The van der Waals surface area contributed by atoms with E-state index in [0.717, 1.165) is 23.7 Å². The molecular weight excluding hydrogens is 270 g/mol. The van der Waals surface area contributed by atoms with Crippen LogP contribution in [0.5, 0.6) is 11.5 Å². The third-order valence-corrected chi connectivity index (χ3v) is 3.69. The highest BCUT2D eigenvalue weighted by molar-refractivity contribution is 5.47. The lowest BCUT2D eigenvalue weighted by Crippen LogP contribution is -2.01. The fourth-order valence-electron chi connectivity index (χ4n) is 2.40. The maximum Gasteiger partial charge on any atom is 0.127 e. The van der Waals surface area contributed by atoms with E-state index in [1.54, 1.807) is 0 Å². The van der Waals surface area contributed by atoms with Crippen molar-refractivity contribution in [3.05, 3.63) is 54.6 Å². The first-order chi connectivity index (χ1) is 10.9. The van der Waals surface area contributed by atoms with Gasteiger partial charge in [0.2, 0.25) is 0 Å². The molecule has 0 aliphatic heterocycles. The predicted molar refractivity (Wildman–Crippen MR) is 94.8 cm³/mol. The van der Waals surface area contributed by atoms with Crippen LogP contribution in [0.1, 0.15) is 45.4 Å². The Morgan fingerprint density at radius 3 is 2.09 bits per heavy atom. The summed E-state index contributed by atoms with van der Waals surface area (Å²) in [7, 11) is 0. The molecule has 0 amide bonds. The van der Waals surface area contributed by atoms with E-state index < -0.39 is 0 Å². The molecule has 0 radical (unpaired) electrons. The highest BCUT2D eigenvalue weighted by Crippen LogP contribution is 2.22. The molecule has 0 aliphatic rings. The topological polar surface area (TPSA) is 21.3 Å². The van der Waals surface area contributed by atoms with Gasteiger partial charge in [-0.15, -0.1) is 0 Å². The second kappa shape index (κ2) is 9.88. The van der Waals surface area contributed by atoms with Gasteiger partial charge in [-0.3, -0.25) is 0 Å². The van der Waals surface area contributed by atoms with Crippen LogP contribution in [0.3, 0.4) is 0 Å². The molecule has 2 nitrogen and oxygen atoms in total. The minimum Gasteiger partial charge on any atom is -0.457 e. The normalized spacial score (nSPS) is 10.4. The van der Waals surface area contributed by atoms with Crippen molar-refractivity contribution in [3.8, 4) is 11.5 Å². The second-order valence-electron chi connectivity index (χ2n) is 5.63. The van der Waals surface area contributed by atoms with Crippen LogP contribution < -0.4 is 10.1 Å². The molecule has 0 bridgehead atoms. The molecule has 2 aromatic carbocycles. The van der Waals surface area contributed by atoms with E-state index in [-0.39, 0.29) is 0 Å². The number of rotatable bonds is 10. The summed E-state index contributed by atoms with van der Waals surface area (Å²) in [6.45, 7) is 3.30. The maximum atomic E-state index is 5.79. The molecule has 22 heavy (non-hydrogen) atoms. The first-order valence-electron chi connectivity index (χ1n) is 8.45. The summed E-state index contributed by atoms with van der Waals surface area (Å²) in [4.78, 5) is 0. The number of para-hydroxylation sites is 1. The third kappa shape index (κ3) is 6.21. The monoisotopic (exact) mass is 297 g/mol. The number of hydrogen-bond acceptors (Lipinski definition) is 2. The van der Waals surface area contributed by atoms with Crippen LogP contribution in [-0.4, -0.2) is 6.54 Å². The van der Waals surface area contributed by atoms with Crippen LogP contribution in [0.2, 0.25) is 0 Å². The zero-order valence-corrected chi connectivity index (χ0v) is 13.6. The summed E-state index contributed by atoms with van der Waals surface area (Å²) in [5.41, 5.74) is 1.16. The smallest absolute Gasteiger partial charge is 0.127 e. The first-order valence-corrected chi connectivity index (χ1v) is 8.45. The Bertz CT molecular complexity index is 507. The van der Waals surface area contributed by atoms with E-state index in [9.17, 15) is 0 Å². The molecular formula is C20H27NO. The van der Waals surface area contributed by atoms with Gasteiger partial charge >= 0.3 is 0 Å². The molecule has 0 spiro atoms. The van der Waals surface area contributed by atoms with E-state index >= 15 is 0 Å². The largest absolute Gasteiger partial charge is 0.457 e. The van der Waals surface area contributed by atoms with Crippen molar-refractivity contribution in [2.24, 2.45) is 0 Å². The average molecular weight is 297 g/mol. The van der Waals surface area contributed by atoms with Crippen molar-refractivity contribution in [1.82, 2.24) is 0 Å². The fraction of sp³-hybridized carbons (Fsp3) is 0.400. The molecule has 0 fully saturated rings. The fourth-order valence-corrected chi connectivity index (χ4v) is 2.40. The minimum atomic E-state index is 0.871. The Labute approximate surface area is 134 Å². The van der Waals surface area contributed by atoms with E-state index in [0.29, 0.717) is 0 Å². The molecule has 2 aromatic rings. The first kappa shape index (κ1) is 16.4. The Balaban J connectivity index is 1.66. The van der Waals surface area contributed by atoms with Gasteiger partial charge in [0.1, 0.15) is 11.5 Å². The maximum absolute atomic E-state index is 5.79. The summed E-state index contributed by atoms with van der Waals surface area (Å²) < 4.78 is 5.79. The molecule has 0 saturated carbocycles. The molecule has 2 heteroatoms. The second-order valence-corrected chi connectivity index (χ2v) is 5.63. The molecule has 2 rings (SSSR count). The Kier molecular flexibility index (Phi) is 7.37. The summed E-state index contributed by atoms with van der Waals surface area (Å²) >= 11 is 0. The van der Waals surface area contributed by atoms with Gasteiger partial charge < -0.3 is 10.1 Å². The van der Waals surface area contributed by atoms with Gasteiger partial charge in [0.05, 0.1) is 0 Å². The lowest BCUT2D eigenvalue weighted by molar-refractivity contribution is 0.483. The van der Waals surface area contributed by atoms with Gasteiger partial charge in [0.15, 0.2) is 0 Å². The lowest BCUT2D eigenvalue weighted by Gasteiger charge is -2.09. The average Bonchev–Trinajstić information content (AvgIpc) is 2.56. The Hall–Kier alpha value is -1.96. The molecule has 0 unspecified atom stereocenters. The quantitative estimate of drug-likeness (QED) is 0.523. The van der Waals surface area contributed by atoms with Gasteiger partial charge in [0.25, 0.3) is 0 Å². The third-order valence-electron chi connectivity index (χ3n) is 3.69. The van der Waals surface area contributed by atoms with Gasteiger partial charge in [-0.05, 0) is 42.8 Å². The molecule has 0 saturated heterocycles. The molecule has 0 aliphatic carbocycles. The van der Waals surface area contributed by atoms with Crippen LogP contribution in [0.4, 0.5) is 5.69 Å². The van der Waals surface area contributed by atoms with Gasteiger partial charge in [0, 0.05) is 12.2 Å². The summed E-state index contributed by atoms with van der Waals surface area (Å²) in [6, 6.07) is 18.0. The van der Waals surface area contributed by atoms with Crippen molar-refractivity contribution in [3.63, 3.8) is 0 Å². The lowest BCUT2D eigenvalue weighted by atomic mass is 10.1. The van der Waals surface area contributed by atoms with Crippen LogP contribution in [-0.2, 0) is 0 Å². The highest BCUT2D eigenvalue weighted by atomic mass is 16.5. The summed E-state index contributed by atoms with van der Waals surface area (Å²) in [6.07, 6.45) is 7.99. The number of nitrogens with one attached hydrogen (secondary N) is 1. The zero-order chi connectivity index (χ0) is 15.5. The number of hydrogen-bond donors (Lipinski definition) is 1. The molecule has 118 valence electrons. The van der Waals surface area contributed by atoms with Crippen molar-refractivity contribution in [2.45, 2.75) is 45.4 Å². The number of benzene rings is 2. The van der Waals surface area contributed by atoms with Crippen LogP contribution in [0, 0.1) is 0 Å². The number of ether oxygens (including phenoxy) is 1. The predicted octanol–water partition coefficient (Wildman–Crippen LogP) is 6.25. The number of unbranched alkanes of at least 4 members (excludes halogenated alkanes) is 5. The molecule has 0 aromatic heterocycles. The van der Waals surface area contributed by atoms with Crippen molar-refractivity contribution >= 4 is 5.69 Å². The summed E-state index contributed by atoms with van der Waals surface area (Å²) in [5, 5.41) is 3.47. The van der Waals surface area contributed by atoms with E-state index in [1.165, 1.54) is 38.5 Å². The van der Waals surface area contributed by atoms with E-state index in [2.05, 4.69) is 24.4 Å². The van der Waals surface area contributed by atoms with Crippen molar-refractivity contribution in [2.75, 3.05) is 11.9 Å². The van der Waals surface area contributed by atoms with Crippen molar-refractivity contribution in [1.29, 1.82) is 0 Å². The minimum absolute atomic E-state index is 0.871. The van der Waals surface area contributed by atoms with Gasteiger partial charge in [-0.25, -0.2) is 0 Å². The standard InChI is InChI=1S/C20H27NO/c1-2-3-4-5-6-10-17-21-18-13-15-20(16-14-18)22-19-11-8-7-9-12-19/h7-9,11-16,21H,2-6,10,17H2,1H3. The van der Waals surface area contributed by atoms with Crippen LogP contribution in [0.25, 0.3) is 0 Å². The number of anilines is 1. The molecule has 0 heterocycles.